The Morgan fingerprint density at radius 3 is 2.13 bits per heavy atom. The van der Waals surface area contributed by atoms with Crippen LogP contribution in [0.1, 0.15) is 53.4 Å². The summed E-state index contributed by atoms with van der Waals surface area (Å²) in [6.07, 6.45) is 5.10. The van der Waals surface area contributed by atoms with Gasteiger partial charge in [-0.2, -0.15) is 0 Å². The lowest BCUT2D eigenvalue weighted by atomic mass is 9.75. The normalized spacial score (nSPS) is 21.7. The summed E-state index contributed by atoms with van der Waals surface area (Å²) in [7, 11) is 2.09. The van der Waals surface area contributed by atoms with Crippen LogP contribution in [-0.2, 0) is 0 Å². The van der Waals surface area contributed by atoms with Crippen LogP contribution in [-0.4, -0.2) is 23.8 Å². The molecule has 0 aromatic heterocycles. The Bertz CT molecular complexity index is 221. The molecule has 0 spiro atoms. The highest BCUT2D eigenvalue weighted by molar-refractivity contribution is 5.81. The molecule has 2 heteroatoms. The molecule has 1 rings (SSSR count). The zero-order valence-corrected chi connectivity index (χ0v) is 10.9. The Morgan fingerprint density at radius 1 is 1.27 bits per heavy atom. The van der Waals surface area contributed by atoms with Crippen molar-refractivity contribution in [2.24, 2.45) is 11.3 Å². The van der Waals surface area contributed by atoms with E-state index in [1.807, 2.05) is 0 Å². The third kappa shape index (κ3) is 3.22. The van der Waals surface area contributed by atoms with Crippen LogP contribution in [0.15, 0.2) is 0 Å². The first-order chi connectivity index (χ1) is 6.83. The number of nitrogens with zero attached hydrogens (tertiary/aromatic N) is 1. The van der Waals surface area contributed by atoms with E-state index in [1.165, 1.54) is 25.7 Å². The predicted octanol–water partition coefficient (Wildman–Crippen LogP) is 3.52. The van der Waals surface area contributed by atoms with Crippen molar-refractivity contribution in [3.63, 3.8) is 0 Å². The Morgan fingerprint density at radius 2 is 1.73 bits per heavy atom. The molecule has 0 saturated heterocycles. The third-order valence-corrected chi connectivity index (χ3v) is 3.78. The summed E-state index contributed by atoms with van der Waals surface area (Å²) in [5.41, 5.74) is 0.525. The highest BCUT2D eigenvalue weighted by atomic mass is 15.2. The van der Waals surface area contributed by atoms with Gasteiger partial charge in [0.25, 0.3) is 0 Å². The van der Waals surface area contributed by atoms with Gasteiger partial charge >= 0.3 is 0 Å². The van der Waals surface area contributed by atoms with Gasteiger partial charge in [-0.1, -0.05) is 27.7 Å². The SMILES string of the molecule is CC(C)C(=N)N(C)C1CCC(C)(C)CC1. The average molecular weight is 210 g/mol. The van der Waals surface area contributed by atoms with Gasteiger partial charge < -0.3 is 4.90 Å². The van der Waals surface area contributed by atoms with E-state index in [1.54, 1.807) is 0 Å². The number of amidine groups is 1. The van der Waals surface area contributed by atoms with Crippen LogP contribution in [0.5, 0.6) is 0 Å². The molecule has 0 aromatic carbocycles. The van der Waals surface area contributed by atoms with Crippen LogP contribution in [0.4, 0.5) is 0 Å². The molecule has 1 aliphatic carbocycles. The maximum Gasteiger partial charge on any atom is 0.0983 e. The first-order valence-corrected chi connectivity index (χ1v) is 6.15. The number of nitrogens with one attached hydrogen (secondary N) is 1. The molecule has 0 atom stereocenters. The second-order valence-electron chi connectivity index (χ2n) is 6.05. The van der Waals surface area contributed by atoms with E-state index in [2.05, 4.69) is 39.6 Å². The van der Waals surface area contributed by atoms with Crippen LogP contribution >= 0.6 is 0 Å². The molecular weight excluding hydrogens is 184 g/mol. The van der Waals surface area contributed by atoms with Gasteiger partial charge in [-0.05, 0) is 31.1 Å². The average Bonchev–Trinajstić information content (AvgIpc) is 2.15. The fourth-order valence-corrected chi connectivity index (χ4v) is 2.38. The van der Waals surface area contributed by atoms with Gasteiger partial charge in [-0.15, -0.1) is 0 Å². The predicted molar refractivity (Wildman–Crippen MR) is 66.4 cm³/mol. The van der Waals surface area contributed by atoms with Gasteiger partial charge in [0.05, 0.1) is 5.84 Å². The molecule has 0 unspecified atom stereocenters. The fourth-order valence-electron chi connectivity index (χ4n) is 2.38. The van der Waals surface area contributed by atoms with Crippen molar-refractivity contribution in [3.05, 3.63) is 0 Å². The van der Waals surface area contributed by atoms with E-state index in [9.17, 15) is 0 Å². The summed E-state index contributed by atoms with van der Waals surface area (Å²) in [6, 6.07) is 0.605. The second-order valence-corrected chi connectivity index (χ2v) is 6.05. The number of hydrogen-bond donors (Lipinski definition) is 1. The van der Waals surface area contributed by atoms with Gasteiger partial charge in [0, 0.05) is 19.0 Å². The molecule has 0 aromatic rings. The molecule has 2 nitrogen and oxygen atoms in total. The largest absolute Gasteiger partial charge is 0.360 e. The highest BCUT2D eigenvalue weighted by Gasteiger charge is 2.29. The molecule has 1 aliphatic rings. The van der Waals surface area contributed by atoms with Gasteiger partial charge in [0.2, 0.25) is 0 Å². The minimum Gasteiger partial charge on any atom is -0.360 e. The van der Waals surface area contributed by atoms with Crippen LogP contribution < -0.4 is 0 Å². The third-order valence-electron chi connectivity index (χ3n) is 3.78. The van der Waals surface area contributed by atoms with Crippen molar-refractivity contribution in [2.75, 3.05) is 7.05 Å². The molecule has 0 bridgehead atoms. The number of hydrogen-bond acceptors (Lipinski definition) is 1. The molecule has 0 amide bonds. The van der Waals surface area contributed by atoms with E-state index in [-0.39, 0.29) is 0 Å². The molecule has 1 N–H and O–H groups in total. The van der Waals surface area contributed by atoms with E-state index in [0.717, 1.165) is 5.84 Å². The highest BCUT2D eigenvalue weighted by Crippen LogP contribution is 2.36. The smallest absolute Gasteiger partial charge is 0.0983 e. The lowest BCUT2D eigenvalue weighted by Crippen LogP contribution is -2.42. The molecule has 15 heavy (non-hydrogen) atoms. The molecule has 1 fully saturated rings. The maximum atomic E-state index is 8.01. The van der Waals surface area contributed by atoms with Crippen LogP contribution in [0.25, 0.3) is 0 Å². The van der Waals surface area contributed by atoms with E-state index in [4.69, 9.17) is 5.41 Å². The molecule has 0 aliphatic heterocycles. The monoisotopic (exact) mass is 210 g/mol. The Labute approximate surface area is 94.6 Å². The van der Waals surface area contributed by atoms with E-state index in [0.29, 0.717) is 17.4 Å². The van der Waals surface area contributed by atoms with Crippen molar-refractivity contribution in [2.45, 2.75) is 59.4 Å². The van der Waals surface area contributed by atoms with Crippen LogP contribution in [0.2, 0.25) is 0 Å². The van der Waals surface area contributed by atoms with Crippen molar-refractivity contribution in [1.82, 2.24) is 4.90 Å². The van der Waals surface area contributed by atoms with Gasteiger partial charge in [-0.25, -0.2) is 0 Å². The lowest BCUT2D eigenvalue weighted by Gasteiger charge is -2.40. The van der Waals surface area contributed by atoms with Crippen molar-refractivity contribution in [3.8, 4) is 0 Å². The molecule has 88 valence electrons. The summed E-state index contributed by atoms with van der Waals surface area (Å²) in [5, 5.41) is 8.01. The Balaban J connectivity index is 2.50. The zero-order valence-electron chi connectivity index (χ0n) is 10.9. The first kappa shape index (κ1) is 12.5. The van der Waals surface area contributed by atoms with Crippen molar-refractivity contribution in [1.29, 1.82) is 5.41 Å². The summed E-state index contributed by atoms with van der Waals surface area (Å²) >= 11 is 0. The molecular formula is C13H26N2. The van der Waals surface area contributed by atoms with Crippen LogP contribution in [0.3, 0.4) is 0 Å². The molecule has 0 radical (unpaired) electrons. The minimum absolute atomic E-state index is 0.352. The second kappa shape index (κ2) is 4.54. The minimum atomic E-state index is 0.352. The van der Waals surface area contributed by atoms with Crippen molar-refractivity contribution >= 4 is 5.84 Å². The summed E-state index contributed by atoms with van der Waals surface area (Å²) < 4.78 is 0. The summed E-state index contributed by atoms with van der Waals surface area (Å²) in [6.45, 7) is 8.92. The van der Waals surface area contributed by atoms with Gasteiger partial charge in [0.1, 0.15) is 0 Å². The summed E-state index contributed by atoms with van der Waals surface area (Å²) in [5.74, 6) is 1.14. The van der Waals surface area contributed by atoms with Gasteiger partial charge in [0.15, 0.2) is 0 Å². The van der Waals surface area contributed by atoms with Crippen LogP contribution in [0, 0.1) is 16.7 Å². The standard InChI is InChI=1S/C13H26N2/c1-10(2)12(14)15(5)11-6-8-13(3,4)9-7-11/h10-11,14H,6-9H2,1-5H3. The maximum absolute atomic E-state index is 8.01. The zero-order chi connectivity index (χ0) is 11.6. The molecule has 1 saturated carbocycles. The Kier molecular flexibility index (Phi) is 3.80. The van der Waals surface area contributed by atoms with Gasteiger partial charge in [-0.3, -0.25) is 5.41 Å². The van der Waals surface area contributed by atoms with E-state index >= 15 is 0 Å². The molecule has 0 heterocycles. The Hall–Kier alpha value is -0.530. The van der Waals surface area contributed by atoms with E-state index < -0.39 is 0 Å². The summed E-state index contributed by atoms with van der Waals surface area (Å²) in [4.78, 5) is 2.19. The van der Waals surface area contributed by atoms with Crippen molar-refractivity contribution < 1.29 is 0 Å². The number of rotatable bonds is 2. The topological polar surface area (TPSA) is 27.1 Å². The lowest BCUT2D eigenvalue weighted by molar-refractivity contribution is 0.166. The fraction of sp³-hybridized carbons (Fsp3) is 0.923. The first-order valence-electron chi connectivity index (χ1n) is 6.15. The quantitative estimate of drug-likeness (QED) is 0.548.